The Balaban J connectivity index is 1.21. The molecule has 0 spiro atoms. The molecule has 2 heterocycles. The molecule has 10 nitrogen and oxygen atoms in total. The molecular weight excluding hydrogens is 546 g/mol. The molecule has 1 N–H and O–H groups in total. The van der Waals surface area contributed by atoms with E-state index in [9.17, 15) is 4.79 Å². The molecule has 1 aromatic heterocycles. The van der Waals surface area contributed by atoms with Crippen molar-refractivity contribution in [3.8, 4) is 34.1 Å². The summed E-state index contributed by atoms with van der Waals surface area (Å²) in [5.41, 5.74) is 3.96. The molecule has 10 heteroatoms. The van der Waals surface area contributed by atoms with E-state index in [1.54, 1.807) is 51.7 Å². The van der Waals surface area contributed by atoms with Crippen LogP contribution in [0.1, 0.15) is 23.0 Å². The van der Waals surface area contributed by atoms with Crippen molar-refractivity contribution in [2.45, 2.75) is 13.5 Å². The molecule has 5 rings (SSSR count). The number of methoxy groups -OCH3 is 3. The normalized spacial score (nSPS) is 13.3. The number of nitrogens with one attached hydrogen (secondary N) is 1. The standard InChI is InChI=1S/C33H37N5O5/c1-5-43-27-8-6-7-23(19-27)24-20-30(41-3)28(31(21-24)42-4)22-37-15-17-38(18-16-37)32-14-13-29(35-36-32)33(39)34-25-9-11-26(40-2)12-10-25/h6-14,19-21H,5,15-18,22H2,1-4H3,(H,34,39). The van der Waals surface area contributed by atoms with Crippen molar-refractivity contribution in [3.05, 3.63) is 84.1 Å². The van der Waals surface area contributed by atoms with Crippen molar-refractivity contribution in [1.82, 2.24) is 15.1 Å². The zero-order chi connectivity index (χ0) is 30.2. The van der Waals surface area contributed by atoms with Crippen molar-refractivity contribution in [2.24, 2.45) is 0 Å². The second kappa shape index (κ2) is 13.9. The van der Waals surface area contributed by atoms with Crippen LogP contribution in [-0.4, -0.2) is 75.1 Å². The van der Waals surface area contributed by atoms with Crippen molar-refractivity contribution in [3.63, 3.8) is 0 Å². The van der Waals surface area contributed by atoms with Gasteiger partial charge in [-0.15, -0.1) is 10.2 Å². The lowest BCUT2D eigenvalue weighted by atomic mass is 10.0. The molecule has 1 amide bonds. The number of benzene rings is 3. The number of carbonyl (C=O) groups excluding carboxylic acids is 1. The zero-order valence-electron chi connectivity index (χ0n) is 25.0. The summed E-state index contributed by atoms with van der Waals surface area (Å²) in [7, 11) is 4.98. The summed E-state index contributed by atoms with van der Waals surface area (Å²) in [5, 5.41) is 11.4. The summed E-state index contributed by atoms with van der Waals surface area (Å²) in [6.07, 6.45) is 0. The van der Waals surface area contributed by atoms with Gasteiger partial charge in [-0.25, -0.2) is 0 Å². The highest BCUT2D eigenvalue weighted by atomic mass is 16.5. The van der Waals surface area contributed by atoms with Crippen LogP contribution < -0.4 is 29.2 Å². The Morgan fingerprint density at radius 3 is 2.12 bits per heavy atom. The zero-order valence-corrected chi connectivity index (χ0v) is 25.0. The van der Waals surface area contributed by atoms with Gasteiger partial charge < -0.3 is 29.2 Å². The van der Waals surface area contributed by atoms with E-state index in [2.05, 4.69) is 43.5 Å². The van der Waals surface area contributed by atoms with Crippen LogP contribution in [0.15, 0.2) is 72.8 Å². The Labute approximate surface area is 252 Å². The number of carbonyl (C=O) groups is 1. The van der Waals surface area contributed by atoms with E-state index < -0.39 is 0 Å². The van der Waals surface area contributed by atoms with Gasteiger partial charge in [0, 0.05) is 38.4 Å². The van der Waals surface area contributed by atoms with Gasteiger partial charge in [0.2, 0.25) is 0 Å². The average molecular weight is 584 g/mol. The lowest BCUT2D eigenvalue weighted by Gasteiger charge is -2.35. The van der Waals surface area contributed by atoms with Crippen LogP contribution in [0, 0.1) is 0 Å². The molecule has 1 saturated heterocycles. The van der Waals surface area contributed by atoms with Gasteiger partial charge in [-0.1, -0.05) is 12.1 Å². The number of rotatable bonds is 11. The third-order valence-corrected chi connectivity index (χ3v) is 7.40. The van der Waals surface area contributed by atoms with E-state index in [0.717, 1.165) is 71.7 Å². The molecule has 0 radical (unpaired) electrons. The molecule has 0 saturated carbocycles. The molecule has 0 atom stereocenters. The van der Waals surface area contributed by atoms with Crippen LogP contribution in [-0.2, 0) is 6.54 Å². The Kier molecular flexibility index (Phi) is 9.58. The number of ether oxygens (including phenoxy) is 4. The summed E-state index contributed by atoms with van der Waals surface area (Å²) in [6.45, 7) is 6.48. The topological polar surface area (TPSA) is 98.3 Å². The molecular formula is C33H37N5O5. The van der Waals surface area contributed by atoms with Gasteiger partial charge >= 0.3 is 0 Å². The van der Waals surface area contributed by atoms with Gasteiger partial charge in [0.1, 0.15) is 23.0 Å². The number of hydrogen-bond acceptors (Lipinski definition) is 9. The lowest BCUT2D eigenvalue weighted by Crippen LogP contribution is -2.46. The maximum Gasteiger partial charge on any atom is 0.276 e. The van der Waals surface area contributed by atoms with E-state index in [0.29, 0.717) is 18.8 Å². The van der Waals surface area contributed by atoms with Gasteiger partial charge in [0.05, 0.1) is 33.5 Å². The first-order valence-corrected chi connectivity index (χ1v) is 14.3. The second-order valence-electron chi connectivity index (χ2n) is 10.0. The molecule has 1 fully saturated rings. The minimum absolute atomic E-state index is 0.255. The van der Waals surface area contributed by atoms with Crippen LogP contribution in [0.3, 0.4) is 0 Å². The molecule has 224 valence electrons. The minimum atomic E-state index is -0.315. The summed E-state index contributed by atoms with van der Waals surface area (Å²) >= 11 is 0. The third kappa shape index (κ3) is 7.15. The van der Waals surface area contributed by atoms with E-state index >= 15 is 0 Å². The first kappa shape index (κ1) is 29.7. The smallest absolute Gasteiger partial charge is 0.276 e. The number of aromatic nitrogens is 2. The van der Waals surface area contributed by atoms with E-state index in [4.69, 9.17) is 18.9 Å². The fourth-order valence-electron chi connectivity index (χ4n) is 5.08. The van der Waals surface area contributed by atoms with E-state index in [-0.39, 0.29) is 11.6 Å². The number of anilines is 2. The number of amides is 1. The minimum Gasteiger partial charge on any atom is -0.497 e. The predicted octanol–water partition coefficient (Wildman–Crippen LogP) is 5.14. The van der Waals surface area contributed by atoms with Crippen LogP contribution in [0.2, 0.25) is 0 Å². The summed E-state index contributed by atoms with van der Waals surface area (Å²) in [4.78, 5) is 17.2. The highest BCUT2D eigenvalue weighted by Gasteiger charge is 2.23. The Morgan fingerprint density at radius 1 is 0.791 bits per heavy atom. The third-order valence-electron chi connectivity index (χ3n) is 7.40. The van der Waals surface area contributed by atoms with Gasteiger partial charge in [-0.2, -0.15) is 0 Å². The van der Waals surface area contributed by atoms with Gasteiger partial charge in [-0.05, 0) is 78.7 Å². The van der Waals surface area contributed by atoms with Crippen LogP contribution >= 0.6 is 0 Å². The van der Waals surface area contributed by atoms with E-state index in [1.807, 2.05) is 31.2 Å². The van der Waals surface area contributed by atoms with Gasteiger partial charge in [0.15, 0.2) is 11.5 Å². The van der Waals surface area contributed by atoms with E-state index in [1.165, 1.54) is 0 Å². The Bertz CT molecular complexity index is 1490. The summed E-state index contributed by atoms with van der Waals surface area (Å²) < 4.78 is 22.5. The molecule has 0 aliphatic carbocycles. The number of nitrogens with zero attached hydrogens (tertiary/aromatic N) is 4. The Hall–Kier alpha value is -4.83. The molecule has 1 aliphatic heterocycles. The maximum absolute atomic E-state index is 12.6. The molecule has 0 unspecified atom stereocenters. The van der Waals surface area contributed by atoms with Gasteiger partial charge in [0.25, 0.3) is 5.91 Å². The van der Waals surface area contributed by atoms with Crippen molar-refractivity contribution < 1.29 is 23.7 Å². The SMILES string of the molecule is CCOc1cccc(-c2cc(OC)c(CN3CCN(c4ccc(C(=O)Nc5ccc(OC)cc5)nn4)CC3)c(OC)c2)c1. The molecule has 1 aliphatic rings. The molecule has 43 heavy (non-hydrogen) atoms. The number of piperazine rings is 1. The van der Waals surface area contributed by atoms with Crippen LogP contribution in [0.5, 0.6) is 23.0 Å². The fourth-order valence-corrected chi connectivity index (χ4v) is 5.08. The van der Waals surface area contributed by atoms with Crippen molar-refractivity contribution >= 4 is 17.4 Å². The fraction of sp³-hybridized carbons (Fsp3) is 0.303. The van der Waals surface area contributed by atoms with Crippen LogP contribution in [0.25, 0.3) is 11.1 Å². The monoisotopic (exact) mass is 583 g/mol. The molecule has 4 aromatic rings. The molecule has 3 aromatic carbocycles. The quantitative estimate of drug-likeness (QED) is 0.257. The average Bonchev–Trinajstić information content (AvgIpc) is 3.06. The number of hydrogen-bond donors (Lipinski definition) is 1. The van der Waals surface area contributed by atoms with Gasteiger partial charge in [-0.3, -0.25) is 9.69 Å². The van der Waals surface area contributed by atoms with Crippen molar-refractivity contribution in [2.75, 3.05) is 64.3 Å². The second-order valence-corrected chi connectivity index (χ2v) is 10.0. The first-order valence-electron chi connectivity index (χ1n) is 14.3. The highest BCUT2D eigenvalue weighted by molar-refractivity contribution is 6.02. The predicted molar refractivity (Wildman–Crippen MR) is 167 cm³/mol. The lowest BCUT2D eigenvalue weighted by molar-refractivity contribution is 0.102. The van der Waals surface area contributed by atoms with Crippen molar-refractivity contribution in [1.29, 1.82) is 0 Å². The maximum atomic E-state index is 12.6. The Morgan fingerprint density at radius 2 is 1.51 bits per heavy atom. The largest absolute Gasteiger partial charge is 0.497 e. The first-order chi connectivity index (χ1) is 21.0. The van der Waals surface area contributed by atoms with Crippen LogP contribution in [0.4, 0.5) is 11.5 Å². The molecule has 0 bridgehead atoms. The highest BCUT2D eigenvalue weighted by Crippen LogP contribution is 2.37. The summed E-state index contributed by atoms with van der Waals surface area (Å²) in [5.74, 6) is 3.55. The summed E-state index contributed by atoms with van der Waals surface area (Å²) in [6, 6.07) is 22.8.